The maximum atomic E-state index is 12.6. The molecule has 4 aromatic rings. The van der Waals surface area contributed by atoms with Crippen LogP contribution in [0, 0.1) is 0 Å². The van der Waals surface area contributed by atoms with Gasteiger partial charge in [0.25, 0.3) is 0 Å². The monoisotopic (exact) mass is 496 g/mol. The smallest absolute Gasteiger partial charge is 0.211 e. The molecular weight excluding hydrogens is 468 g/mol. The van der Waals surface area contributed by atoms with Gasteiger partial charge in [-0.1, -0.05) is 73.5 Å². The van der Waals surface area contributed by atoms with E-state index in [0.29, 0.717) is 25.9 Å². The molecule has 0 aliphatic carbocycles. The van der Waals surface area contributed by atoms with Crippen molar-refractivity contribution in [2.24, 2.45) is 0 Å². The van der Waals surface area contributed by atoms with E-state index in [0.717, 1.165) is 34.4 Å². The quantitative estimate of drug-likeness (QED) is 0.292. The molecule has 4 aromatic carbocycles. The molecule has 0 aliphatic rings. The van der Waals surface area contributed by atoms with Crippen LogP contribution in [0.25, 0.3) is 21.5 Å². The molecule has 0 spiro atoms. The fraction of sp³-hybridized carbons (Fsp3) is 0.231. The third-order valence-corrected chi connectivity index (χ3v) is 8.67. The molecule has 0 radical (unpaired) electrons. The number of hydrogen-bond acceptors (Lipinski definition) is 4. The molecule has 4 rings (SSSR count). The molecule has 0 saturated carbocycles. The standard InChI is InChI=1S/C26H28N2O4S2/c29-33(30,25-15-13-21-9-3-5-11-23(21)19-25)27-17-7-1-2-8-18-28-34(31,32)26-16-14-22-10-4-6-12-24(22)20-26/h3-6,9-16,19-20,27-28H,1-2,7-8,17-18H2. The maximum Gasteiger partial charge on any atom is 0.240 e. The third-order valence-electron chi connectivity index (χ3n) is 5.75. The highest BCUT2D eigenvalue weighted by molar-refractivity contribution is 7.89. The lowest BCUT2D eigenvalue weighted by Crippen LogP contribution is -2.25. The van der Waals surface area contributed by atoms with Crippen LogP contribution in [0.4, 0.5) is 0 Å². The summed E-state index contributed by atoms with van der Waals surface area (Å²) in [6, 6.07) is 25.5. The highest BCUT2D eigenvalue weighted by Gasteiger charge is 2.15. The molecule has 178 valence electrons. The second kappa shape index (κ2) is 10.7. The van der Waals surface area contributed by atoms with Crippen LogP contribution in [0.1, 0.15) is 25.7 Å². The van der Waals surface area contributed by atoms with Crippen LogP contribution in [0.5, 0.6) is 0 Å². The minimum atomic E-state index is -3.56. The lowest BCUT2D eigenvalue weighted by atomic mass is 10.1. The van der Waals surface area contributed by atoms with Gasteiger partial charge in [-0.05, 0) is 58.7 Å². The first-order valence-corrected chi connectivity index (χ1v) is 14.3. The minimum Gasteiger partial charge on any atom is -0.211 e. The van der Waals surface area contributed by atoms with Gasteiger partial charge in [-0.3, -0.25) is 0 Å². The first kappa shape index (κ1) is 24.3. The summed E-state index contributed by atoms with van der Waals surface area (Å²) in [5.41, 5.74) is 0. The molecular formula is C26H28N2O4S2. The van der Waals surface area contributed by atoms with Crippen molar-refractivity contribution in [1.82, 2.24) is 9.44 Å². The van der Waals surface area contributed by atoms with E-state index in [-0.39, 0.29) is 9.79 Å². The number of rotatable bonds is 11. The summed E-state index contributed by atoms with van der Waals surface area (Å²) < 4.78 is 55.5. The zero-order valence-electron chi connectivity index (χ0n) is 18.8. The van der Waals surface area contributed by atoms with Crippen LogP contribution < -0.4 is 9.44 Å². The zero-order valence-corrected chi connectivity index (χ0v) is 20.4. The summed E-state index contributed by atoms with van der Waals surface area (Å²) in [6.07, 6.45) is 2.98. The molecule has 34 heavy (non-hydrogen) atoms. The molecule has 6 nitrogen and oxygen atoms in total. The molecule has 0 aromatic heterocycles. The van der Waals surface area contributed by atoms with Gasteiger partial charge in [-0.15, -0.1) is 0 Å². The van der Waals surface area contributed by atoms with E-state index in [4.69, 9.17) is 0 Å². The molecule has 0 fully saturated rings. The van der Waals surface area contributed by atoms with Gasteiger partial charge >= 0.3 is 0 Å². The van der Waals surface area contributed by atoms with Crippen molar-refractivity contribution in [2.75, 3.05) is 13.1 Å². The second-order valence-electron chi connectivity index (χ2n) is 8.23. The van der Waals surface area contributed by atoms with Gasteiger partial charge in [-0.2, -0.15) is 0 Å². The Labute approximate surface area is 201 Å². The van der Waals surface area contributed by atoms with Crippen LogP contribution >= 0.6 is 0 Å². The zero-order chi connectivity index (χ0) is 24.0. The molecule has 0 amide bonds. The molecule has 0 bridgehead atoms. The van der Waals surface area contributed by atoms with Crippen LogP contribution in [0.2, 0.25) is 0 Å². The van der Waals surface area contributed by atoms with E-state index in [1.165, 1.54) is 0 Å². The van der Waals surface area contributed by atoms with E-state index < -0.39 is 20.0 Å². The van der Waals surface area contributed by atoms with Gasteiger partial charge < -0.3 is 0 Å². The van der Waals surface area contributed by atoms with Crippen molar-refractivity contribution in [3.8, 4) is 0 Å². The van der Waals surface area contributed by atoms with E-state index in [2.05, 4.69) is 9.44 Å². The van der Waals surface area contributed by atoms with Crippen molar-refractivity contribution in [2.45, 2.75) is 35.5 Å². The highest BCUT2D eigenvalue weighted by Crippen LogP contribution is 2.20. The number of unbranched alkanes of at least 4 members (excludes halogenated alkanes) is 3. The van der Waals surface area contributed by atoms with Crippen molar-refractivity contribution in [3.63, 3.8) is 0 Å². The number of sulfonamides is 2. The summed E-state index contributed by atoms with van der Waals surface area (Å²) >= 11 is 0. The van der Waals surface area contributed by atoms with Gasteiger partial charge in [0.2, 0.25) is 20.0 Å². The number of benzene rings is 4. The number of nitrogens with one attached hydrogen (secondary N) is 2. The molecule has 0 atom stereocenters. The minimum absolute atomic E-state index is 0.259. The van der Waals surface area contributed by atoms with E-state index in [1.54, 1.807) is 24.3 Å². The molecule has 0 saturated heterocycles. The van der Waals surface area contributed by atoms with Crippen LogP contribution in [-0.2, 0) is 20.0 Å². The SMILES string of the molecule is O=S(=O)(NCCCCCCNS(=O)(=O)c1ccc2ccccc2c1)c1ccc2ccccc2c1. The highest BCUT2D eigenvalue weighted by atomic mass is 32.2. The van der Waals surface area contributed by atoms with Crippen LogP contribution in [0.15, 0.2) is 94.7 Å². The molecule has 8 heteroatoms. The Morgan fingerprint density at radius 1 is 0.471 bits per heavy atom. The number of fused-ring (bicyclic) bond motifs is 2. The fourth-order valence-electron chi connectivity index (χ4n) is 3.85. The van der Waals surface area contributed by atoms with E-state index in [9.17, 15) is 16.8 Å². The first-order chi connectivity index (χ1) is 16.4. The molecule has 0 aliphatic heterocycles. The van der Waals surface area contributed by atoms with Crippen molar-refractivity contribution in [3.05, 3.63) is 84.9 Å². The summed E-state index contributed by atoms with van der Waals surface area (Å²) in [4.78, 5) is 0.517. The summed E-state index contributed by atoms with van der Waals surface area (Å²) in [5, 5.41) is 3.77. The number of hydrogen-bond donors (Lipinski definition) is 2. The first-order valence-electron chi connectivity index (χ1n) is 11.3. The fourth-order valence-corrected chi connectivity index (χ4v) is 6.07. The van der Waals surface area contributed by atoms with Crippen LogP contribution in [0.3, 0.4) is 0 Å². The molecule has 2 N–H and O–H groups in total. The predicted molar refractivity (Wildman–Crippen MR) is 137 cm³/mol. The van der Waals surface area contributed by atoms with Crippen molar-refractivity contribution < 1.29 is 16.8 Å². The molecule has 0 unspecified atom stereocenters. The van der Waals surface area contributed by atoms with Gasteiger partial charge in [0, 0.05) is 13.1 Å². The van der Waals surface area contributed by atoms with Crippen molar-refractivity contribution >= 4 is 41.6 Å². The third kappa shape index (κ3) is 6.01. The topological polar surface area (TPSA) is 92.3 Å². The largest absolute Gasteiger partial charge is 0.240 e. The maximum absolute atomic E-state index is 12.6. The van der Waals surface area contributed by atoms with Gasteiger partial charge in [-0.25, -0.2) is 26.3 Å². The molecule has 0 heterocycles. The van der Waals surface area contributed by atoms with Gasteiger partial charge in [0.1, 0.15) is 0 Å². The summed E-state index contributed by atoms with van der Waals surface area (Å²) in [7, 11) is -7.11. The van der Waals surface area contributed by atoms with E-state index in [1.807, 2.05) is 60.7 Å². The lowest BCUT2D eigenvalue weighted by molar-refractivity contribution is 0.563. The normalized spacial score (nSPS) is 12.4. The Bertz CT molecular complexity index is 1380. The van der Waals surface area contributed by atoms with E-state index >= 15 is 0 Å². The van der Waals surface area contributed by atoms with Crippen molar-refractivity contribution in [1.29, 1.82) is 0 Å². The van der Waals surface area contributed by atoms with Gasteiger partial charge in [0.05, 0.1) is 9.79 Å². The summed E-state index contributed by atoms with van der Waals surface area (Å²) in [6.45, 7) is 0.690. The second-order valence-corrected chi connectivity index (χ2v) is 11.8. The summed E-state index contributed by atoms with van der Waals surface area (Å²) in [5.74, 6) is 0. The Morgan fingerprint density at radius 3 is 1.26 bits per heavy atom. The van der Waals surface area contributed by atoms with Crippen LogP contribution in [-0.4, -0.2) is 29.9 Å². The average molecular weight is 497 g/mol. The predicted octanol–water partition coefficient (Wildman–Crippen LogP) is 4.81. The average Bonchev–Trinajstić information content (AvgIpc) is 2.85. The Kier molecular flexibility index (Phi) is 7.63. The van der Waals surface area contributed by atoms with Gasteiger partial charge in [0.15, 0.2) is 0 Å². The Morgan fingerprint density at radius 2 is 0.853 bits per heavy atom. The lowest BCUT2D eigenvalue weighted by Gasteiger charge is -2.09. The Balaban J connectivity index is 1.18. The Hall–Kier alpha value is -2.78.